The van der Waals surface area contributed by atoms with Crippen LogP contribution in [0.2, 0.25) is 0 Å². The summed E-state index contributed by atoms with van der Waals surface area (Å²) in [7, 11) is 0. The number of aromatic nitrogens is 1. The zero-order chi connectivity index (χ0) is 39.7. The molecule has 0 unspecified atom stereocenters. The highest BCUT2D eigenvalue weighted by molar-refractivity contribution is 6.14. The molecule has 2 heteroatoms. The molecule has 60 heavy (non-hydrogen) atoms. The largest absolute Gasteiger partial charge is 0.310 e. The molecule has 2 nitrogen and oxygen atoms in total. The summed E-state index contributed by atoms with van der Waals surface area (Å²) in [6.07, 6.45) is 0. The Morgan fingerprint density at radius 1 is 0.367 bits per heavy atom. The minimum Gasteiger partial charge on any atom is -0.310 e. The number of rotatable bonds is 4. The van der Waals surface area contributed by atoms with Crippen molar-refractivity contribution in [2.75, 3.05) is 4.90 Å². The summed E-state index contributed by atoms with van der Waals surface area (Å²) in [6, 6.07) is 77.3. The second-order valence-electron chi connectivity index (χ2n) is 17.2. The van der Waals surface area contributed by atoms with Crippen LogP contribution in [0.5, 0.6) is 0 Å². The maximum absolute atomic E-state index is 2.59. The molecule has 1 aromatic heterocycles. The number of nitrogens with zero attached hydrogens (tertiary/aromatic N) is 2. The molecule has 0 fully saturated rings. The van der Waals surface area contributed by atoms with Crippen molar-refractivity contribution in [1.82, 2.24) is 4.57 Å². The van der Waals surface area contributed by atoms with Gasteiger partial charge in [-0.05, 0) is 92.0 Å². The van der Waals surface area contributed by atoms with E-state index in [1.807, 2.05) is 0 Å². The van der Waals surface area contributed by atoms with E-state index in [1.54, 1.807) is 0 Å². The molecule has 0 saturated carbocycles. The summed E-state index contributed by atoms with van der Waals surface area (Å²) in [4.78, 5) is 2.47. The van der Waals surface area contributed by atoms with Crippen molar-refractivity contribution in [3.63, 3.8) is 0 Å². The first kappa shape index (κ1) is 33.5. The molecule has 0 radical (unpaired) electrons. The van der Waals surface area contributed by atoms with Gasteiger partial charge in [-0.1, -0.05) is 184 Å². The highest BCUT2D eigenvalue weighted by Crippen LogP contribution is 2.62. The highest BCUT2D eigenvalue weighted by Gasteiger charge is 2.51. The van der Waals surface area contributed by atoms with E-state index in [-0.39, 0.29) is 5.41 Å². The van der Waals surface area contributed by atoms with Crippen LogP contribution in [0.3, 0.4) is 0 Å². The van der Waals surface area contributed by atoms with E-state index in [2.05, 4.69) is 230 Å². The normalized spacial score (nSPS) is 14.4. The van der Waals surface area contributed by atoms with E-state index in [4.69, 9.17) is 0 Å². The van der Waals surface area contributed by atoms with Crippen LogP contribution in [0, 0.1) is 0 Å². The third kappa shape index (κ3) is 4.17. The maximum Gasteiger partial charge on any atom is 0.0754 e. The lowest BCUT2D eigenvalue weighted by Crippen LogP contribution is -2.33. The molecule has 282 valence electrons. The van der Waals surface area contributed by atoms with E-state index in [0.29, 0.717) is 0 Å². The number of para-hydroxylation sites is 5. The predicted octanol–water partition coefficient (Wildman–Crippen LogP) is 14.9. The Labute approximate surface area is 350 Å². The number of anilines is 3. The van der Waals surface area contributed by atoms with E-state index in [1.165, 1.54) is 94.3 Å². The van der Waals surface area contributed by atoms with E-state index in [0.717, 1.165) is 17.1 Å². The van der Waals surface area contributed by atoms with Gasteiger partial charge in [-0.3, -0.25) is 0 Å². The van der Waals surface area contributed by atoms with Crippen molar-refractivity contribution in [1.29, 1.82) is 0 Å². The number of fused-ring (bicyclic) bond motifs is 15. The van der Waals surface area contributed by atoms with Crippen molar-refractivity contribution in [2.45, 2.75) is 24.7 Å². The smallest absolute Gasteiger partial charge is 0.0754 e. The van der Waals surface area contributed by atoms with Crippen LogP contribution < -0.4 is 4.90 Å². The molecule has 0 saturated heterocycles. The standard InChI is InChI=1S/C58H40N2/c1-57(2)47-27-11-6-22-41(47)46-36-38(34-35-48(46)57)59(37-18-4-3-5-19-37)53-32-14-9-23-42(53)44-25-16-30-51-55(44)60-54-33-15-10-24-43(54)45-26-17-31-52(56(45)60)58(51)49-28-12-7-20-39(49)40-21-8-13-29-50(40)58/h3-36H,1-2H3. The Bertz CT molecular complexity index is 3370. The molecular weight excluding hydrogens is 725 g/mol. The van der Waals surface area contributed by atoms with Crippen molar-refractivity contribution in [2.24, 2.45) is 0 Å². The highest BCUT2D eigenvalue weighted by atomic mass is 15.1. The maximum atomic E-state index is 2.59. The SMILES string of the molecule is CC1(C)c2ccccc2-c2cc(N(c3ccccc3)c3ccccc3-c3cccc4c3-n3c5ccccc5c5cccc(c53)C43c4ccccc4-c4ccccc43)ccc21. The molecule has 0 N–H and O–H groups in total. The fraction of sp³-hybridized carbons (Fsp3) is 0.0690. The van der Waals surface area contributed by atoms with Gasteiger partial charge < -0.3 is 9.47 Å². The second-order valence-corrected chi connectivity index (χ2v) is 17.2. The molecule has 10 aromatic rings. The molecule has 9 aromatic carbocycles. The lowest BCUT2D eigenvalue weighted by molar-refractivity contribution is 0.660. The van der Waals surface area contributed by atoms with Crippen LogP contribution in [-0.4, -0.2) is 4.57 Å². The fourth-order valence-corrected chi connectivity index (χ4v) is 11.6. The summed E-state index contributed by atoms with van der Waals surface area (Å²) >= 11 is 0. The monoisotopic (exact) mass is 764 g/mol. The van der Waals surface area contributed by atoms with E-state index >= 15 is 0 Å². The molecule has 3 aliphatic rings. The summed E-state index contributed by atoms with van der Waals surface area (Å²) in [5, 5.41) is 2.55. The van der Waals surface area contributed by atoms with Crippen LogP contribution in [0.25, 0.3) is 60.9 Å². The van der Waals surface area contributed by atoms with Crippen LogP contribution in [0.15, 0.2) is 206 Å². The third-order valence-electron chi connectivity index (χ3n) is 14.0. The third-order valence-corrected chi connectivity index (χ3v) is 14.0. The second kappa shape index (κ2) is 12.1. The zero-order valence-electron chi connectivity index (χ0n) is 33.5. The van der Waals surface area contributed by atoms with Gasteiger partial charge in [0.05, 0.1) is 27.8 Å². The first-order valence-electron chi connectivity index (χ1n) is 21.1. The molecular formula is C58H40N2. The van der Waals surface area contributed by atoms with Gasteiger partial charge in [0, 0.05) is 38.7 Å². The Kier molecular flexibility index (Phi) is 6.74. The summed E-state index contributed by atoms with van der Waals surface area (Å²) in [5.74, 6) is 0. The predicted molar refractivity (Wildman–Crippen MR) is 249 cm³/mol. The Balaban J connectivity index is 1.14. The van der Waals surface area contributed by atoms with Gasteiger partial charge in [-0.2, -0.15) is 0 Å². The Morgan fingerprint density at radius 3 is 1.67 bits per heavy atom. The topological polar surface area (TPSA) is 8.17 Å². The molecule has 0 bridgehead atoms. The molecule has 2 heterocycles. The lowest BCUT2D eigenvalue weighted by atomic mass is 9.65. The van der Waals surface area contributed by atoms with Crippen molar-refractivity contribution in [3.8, 4) is 39.1 Å². The molecule has 0 amide bonds. The molecule has 13 rings (SSSR count). The first-order chi connectivity index (χ1) is 29.6. The molecule has 1 spiro atoms. The minimum absolute atomic E-state index is 0.0718. The average Bonchev–Trinajstić information content (AvgIpc) is 3.88. The van der Waals surface area contributed by atoms with Gasteiger partial charge in [0.15, 0.2) is 0 Å². The Morgan fingerprint density at radius 2 is 0.900 bits per heavy atom. The van der Waals surface area contributed by atoms with Gasteiger partial charge >= 0.3 is 0 Å². The van der Waals surface area contributed by atoms with Crippen molar-refractivity contribution < 1.29 is 0 Å². The van der Waals surface area contributed by atoms with Crippen LogP contribution in [-0.2, 0) is 10.8 Å². The summed E-state index contributed by atoms with van der Waals surface area (Å²) < 4.78 is 2.59. The van der Waals surface area contributed by atoms with Gasteiger partial charge in [-0.25, -0.2) is 0 Å². The van der Waals surface area contributed by atoms with Crippen LogP contribution >= 0.6 is 0 Å². The molecule has 0 atom stereocenters. The van der Waals surface area contributed by atoms with Crippen LogP contribution in [0.1, 0.15) is 47.2 Å². The quantitative estimate of drug-likeness (QED) is 0.173. The number of hydrogen-bond donors (Lipinski definition) is 0. The van der Waals surface area contributed by atoms with Crippen molar-refractivity contribution >= 4 is 38.9 Å². The Hall–Kier alpha value is -7.42. The number of hydrogen-bond acceptors (Lipinski definition) is 1. The average molecular weight is 765 g/mol. The van der Waals surface area contributed by atoms with Crippen molar-refractivity contribution in [3.05, 3.63) is 240 Å². The van der Waals surface area contributed by atoms with Gasteiger partial charge in [0.1, 0.15) is 0 Å². The summed E-state index contributed by atoms with van der Waals surface area (Å²) in [6.45, 7) is 4.71. The number of benzene rings is 9. The van der Waals surface area contributed by atoms with Gasteiger partial charge in [-0.15, -0.1) is 0 Å². The van der Waals surface area contributed by atoms with E-state index in [9.17, 15) is 0 Å². The molecule has 1 aliphatic heterocycles. The van der Waals surface area contributed by atoms with Crippen LogP contribution in [0.4, 0.5) is 17.1 Å². The fourth-order valence-electron chi connectivity index (χ4n) is 11.6. The lowest BCUT2D eigenvalue weighted by Gasteiger charge is -2.40. The first-order valence-corrected chi connectivity index (χ1v) is 21.1. The zero-order valence-corrected chi connectivity index (χ0v) is 33.5. The van der Waals surface area contributed by atoms with Gasteiger partial charge in [0.2, 0.25) is 0 Å². The van der Waals surface area contributed by atoms with E-state index < -0.39 is 5.41 Å². The summed E-state index contributed by atoms with van der Waals surface area (Å²) in [5.41, 5.74) is 22.2. The van der Waals surface area contributed by atoms with Gasteiger partial charge in [0.25, 0.3) is 0 Å². The minimum atomic E-state index is -0.517. The molecule has 2 aliphatic carbocycles.